The van der Waals surface area contributed by atoms with E-state index in [0.29, 0.717) is 6.54 Å². The van der Waals surface area contributed by atoms with Crippen LogP contribution in [0.25, 0.3) is 5.57 Å². The Balaban J connectivity index is 2.53. The van der Waals surface area contributed by atoms with E-state index in [2.05, 4.69) is 45.8 Å². The highest BCUT2D eigenvalue weighted by Crippen LogP contribution is 2.24. The maximum absolute atomic E-state index is 5.04. The van der Waals surface area contributed by atoms with E-state index >= 15 is 0 Å². The highest BCUT2D eigenvalue weighted by Gasteiger charge is 2.10. The summed E-state index contributed by atoms with van der Waals surface area (Å²) in [6.45, 7) is 0.709. The Kier molecular flexibility index (Phi) is 2.86. The molecule has 1 aliphatic heterocycles. The van der Waals surface area contributed by atoms with Crippen molar-refractivity contribution in [1.29, 1.82) is 0 Å². The van der Waals surface area contributed by atoms with Crippen LogP contribution in [0.15, 0.2) is 29.5 Å². The zero-order chi connectivity index (χ0) is 9.97. The number of fused-ring (bicyclic) bond motifs is 1. The Hall–Kier alpha value is -0.840. The Labute approximate surface area is 96.8 Å². The van der Waals surface area contributed by atoms with E-state index in [1.165, 1.54) is 14.7 Å². The minimum Gasteiger partial charge on any atom is -0.504 e. The van der Waals surface area contributed by atoms with Crippen LogP contribution in [0.4, 0.5) is 0 Å². The summed E-state index contributed by atoms with van der Waals surface area (Å²) in [5.74, 6) is 0. The maximum Gasteiger partial charge on any atom is 0.0881 e. The van der Waals surface area contributed by atoms with Gasteiger partial charge in [0.1, 0.15) is 0 Å². The molecule has 1 aromatic rings. The third kappa shape index (κ3) is 1.82. The molecule has 0 saturated heterocycles. The molecule has 0 N–H and O–H groups in total. The summed E-state index contributed by atoms with van der Waals surface area (Å²) in [5.41, 5.74) is 3.54. The highest BCUT2D eigenvalue weighted by molar-refractivity contribution is 14.1. The molecule has 0 aliphatic carbocycles. The number of methoxy groups -OCH3 is 1. The summed E-state index contributed by atoms with van der Waals surface area (Å²) in [6.07, 6.45) is 3.68. The van der Waals surface area contributed by atoms with Gasteiger partial charge in [-0.2, -0.15) is 0 Å². The van der Waals surface area contributed by atoms with Crippen molar-refractivity contribution in [3.63, 3.8) is 0 Å². The second-order valence-electron chi connectivity index (χ2n) is 3.08. The summed E-state index contributed by atoms with van der Waals surface area (Å²) in [6, 6.07) is 6.33. The van der Waals surface area contributed by atoms with Crippen molar-refractivity contribution in [2.45, 2.75) is 0 Å². The smallest absolute Gasteiger partial charge is 0.0881 e. The molecule has 14 heavy (non-hydrogen) atoms. The first-order valence-electron chi connectivity index (χ1n) is 4.33. The van der Waals surface area contributed by atoms with E-state index in [1.807, 2.05) is 6.21 Å². The highest BCUT2D eigenvalue weighted by atomic mass is 127. The van der Waals surface area contributed by atoms with Gasteiger partial charge in [0.15, 0.2) is 0 Å². The van der Waals surface area contributed by atoms with E-state index in [1.54, 1.807) is 13.4 Å². The van der Waals surface area contributed by atoms with Crippen LogP contribution in [0, 0.1) is 3.57 Å². The van der Waals surface area contributed by atoms with Crippen LogP contribution in [0.5, 0.6) is 0 Å². The van der Waals surface area contributed by atoms with Crippen LogP contribution >= 0.6 is 22.6 Å². The van der Waals surface area contributed by atoms with E-state index in [-0.39, 0.29) is 0 Å². The molecule has 0 atom stereocenters. The van der Waals surface area contributed by atoms with Gasteiger partial charge in [-0.05, 0) is 40.3 Å². The molecule has 0 unspecified atom stereocenters. The molecule has 1 aliphatic rings. The Morgan fingerprint density at radius 2 is 2.36 bits per heavy atom. The standard InChI is InChI=1S/C11H10INO/c1-14-7-9-6-13-5-8-2-3-10(12)4-11(8)9/h2-5,7H,6H2,1H3/b9-7-. The Morgan fingerprint density at radius 1 is 1.50 bits per heavy atom. The molecule has 1 heterocycles. The van der Waals surface area contributed by atoms with Gasteiger partial charge in [0.2, 0.25) is 0 Å². The molecule has 0 bridgehead atoms. The molecule has 0 spiro atoms. The van der Waals surface area contributed by atoms with Gasteiger partial charge >= 0.3 is 0 Å². The third-order valence-corrected chi connectivity index (χ3v) is 2.78. The lowest BCUT2D eigenvalue weighted by Gasteiger charge is -2.13. The summed E-state index contributed by atoms with van der Waals surface area (Å²) in [7, 11) is 1.67. The molecule has 2 nitrogen and oxygen atoms in total. The van der Waals surface area contributed by atoms with Gasteiger partial charge in [0.25, 0.3) is 0 Å². The van der Waals surface area contributed by atoms with Crippen molar-refractivity contribution in [3.8, 4) is 0 Å². The van der Waals surface area contributed by atoms with Crippen LogP contribution in [0.1, 0.15) is 11.1 Å². The number of hydrogen-bond acceptors (Lipinski definition) is 2. The molecule has 2 rings (SSSR count). The molecule has 1 aromatic carbocycles. The molecular formula is C11H10INO. The van der Waals surface area contributed by atoms with E-state index in [0.717, 1.165) is 5.57 Å². The van der Waals surface area contributed by atoms with Crippen LogP contribution in [-0.2, 0) is 4.74 Å². The Morgan fingerprint density at radius 3 is 3.14 bits per heavy atom. The predicted molar refractivity (Wildman–Crippen MR) is 66.6 cm³/mol. The van der Waals surface area contributed by atoms with Gasteiger partial charge in [-0.15, -0.1) is 0 Å². The lowest BCUT2D eigenvalue weighted by atomic mass is 9.99. The quantitative estimate of drug-likeness (QED) is 0.577. The molecule has 72 valence electrons. The van der Waals surface area contributed by atoms with E-state index in [4.69, 9.17) is 4.74 Å². The van der Waals surface area contributed by atoms with E-state index < -0.39 is 0 Å². The molecule has 0 saturated carbocycles. The lowest BCUT2D eigenvalue weighted by Crippen LogP contribution is -2.02. The topological polar surface area (TPSA) is 21.6 Å². The summed E-state index contributed by atoms with van der Waals surface area (Å²) in [5, 5.41) is 0. The number of nitrogens with zero attached hydrogens (tertiary/aromatic N) is 1. The minimum absolute atomic E-state index is 0.709. The third-order valence-electron chi connectivity index (χ3n) is 2.11. The van der Waals surface area contributed by atoms with Gasteiger partial charge in [-0.1, -0.05) is 6.07 Å². The van der Waals surface area contributed by atoms with Crippen molar-refractivity contribution in [1.82, 2.24) is 0 Å². The monoisotopic (exact) mass is 299 g/mol. The maximum atomic E-state index is 5.04. The van der Waals surface area contributed by atoms with Gasteiger partial charge in [-0.3, -0.25) is 4.99 Å². The number of halogens is 1. The van der Waals surface area contributed by atoms with Crippen molar-refractivity contribution in [2.24, 2.45) is 4.99 Å². The fourth-order valence-electron chi connectivity index (χ4n) is 1.49. The molecule has 0 amide bonds. The number of hydrogen-bond donors (Lipinski definition) is 0. The molecule has 0 fully saturated rings. The predicted octanol–water partition coefficient (Wildman–Crippen LogP) is 2.71. The summed E-state index contributed by atoms with van der Waals surface area (Å²) < 4.78 is 6.27. The number of ether oxygens (including phenoxy) is 1. The summed E-state index contributed by atoms with van der Waals surface area (Å²) in [4.78, 5) is 4.27. The van der Waals surface area contributed by atoms with Gasteiger partial charge < -0.3 is 4.74 Å². The van der Waals surface area contributed by atoms with Crippen LogP contribution in [0.3, 0.4) is 0 Å². The molecule has 0 aromatic heterocycles. The minimum atomic E-state index is 0.709. The lowest BCUT2D eigenvalue weighted by molar-refractivity contribution is 0.339. The average Bonchev–Trinajstić information content (AvgIpc) is 2.19. The number of aliphatic imine (C=N–C) groups is 1. The molecule has 3 heteroatoms. The van der Waals surface area contributed by atoms with E-state index in [9.17, 15) is 0 Å². The Bertz CT molecular complexity index is 410. The first-order chi connectivity index (χ1) is 6.81. The molecular weight excluding hydrogens is 289 g/mol. The summed E-state index contributed by atoms with van der Waals surface area (Å²) >= 11 is 2.31. The van der Waals surface area contributed by atoms with Crippen LogP contribution in [0.2, 0.25) is 0 Å². The normalized spacial score (nSPS) is 16.9. The largest absolute Gasteiger partial charge is 0.504 e. The zero-order valence-electron chi connectivity index (χ0n) is 7.83. The first kappa shape index (κ1) is 9.71. The second kappa shape index (κ2) is 4.13. The van der Waals surface area contributed by atoms with Crippen LogP contribution < -0.4 is 0 Å². The number of benzene rings is 1. The SMILES string of the molecule is CO/C=C1/CN=Cc2ccc(I)cc21. The second-order valence-corrected chi connectivity index (χ2v) is 4.33. The molecule has 0 radical (unpaired) electrons. The van der Waals surface area contributed by atoms with Crippen molar-refractivity contribution in [2.75, 3.05) is 13.7 Å². The first-order valence-corrected chi connectivity index (χ1v) is 5.41. The van der Waals surface area contributed by atoms with Crippen molar-refractivity contribution in [3.05, 3.63) is 39.2 Å². The fourth-order valence-corrected chi connectivity index (χ4v) is 1.98. The van der Waals surface area contributed by atoms with Gasteiger partial charge in [0, 0.05) is 20.9 Å². The number of rotatable bonds is 1. The van der Waals surface area contributed by atoms with Crippen LogP contribution in [-0.4, -0.2) is 19.9 Å². The van der Waals surface area contributed by atoms with Crippen molar-refractivity contribution >= 4 is 34.4 Å². The van der Waals surface area contributed by atoms with Crippen molar-refractivity contribution < 1.29 is 4.74 Å². The zero-order valence-corrected chi connectivity index (χ0v) is 9.98. The van der Waals surface area contributed by atoms with Gasteiger partial charge in [0.05, 0.1) is 19.9 Å². The van der Waals surface area contributed by atoms with Gasteiger partial charge in [-0.25, -0.2) is 0 Å². The fraction of sp³-hybridized carbons (Fsp3) is 0.182. The average molecular weight is 299 g/mol.